The lowest BCUT2D eigenvalue weighted by molar-refractivity contribution is -0.239. The highest BCUT2D eigenvalue weighted by Crippen LogP contribution is 2.45. The molecule has 0 spiro atoms. The van der Waals surface area contributed by atoms with Gasteiger partial charge < -0.3 is 5.11 Å². The van der Waals surface area contributed by atoms with E-state index in [1.807, 2.05) is 0 Å². The third-order valence-electron chi connectivity index (χ3n) is 2.08. The Morgan fingerprint density at radius 3 is 2.00 bits per heavy atom. The fraction of sp³-hybridized carbons (Fsp3) is 0.300. The minimum absolute atomic E-state index is 0.704. The van der Waals surface area contributed by atoms with E-state index in [-0.39, 0.29) is 0 Å². The molecule has 1 aromatic rings. The van der Waals surface area contributed by atoms with Crippen LogP contribution in [-0.4, -0.2) is 17.3 Å². The Morgan fingerprint density at radius 1 is 1.12 bits per heavy atom. The Kier molecular flexibility index (Phi) is 3.21. The third-order valence-corrected chi connectivity index (χ3v) is 2.08. The summed E-state index contributed by atoms with van der Waals surface area (Å²) in [5.41, 5.74) is -4.55. The van der Waals surface area contributed by atoms with Crippen LogP contribution in [0.5, 0.6) is 0 Å². The Labute approximate surface area is 88.5 Å². The van der Waals surface area contributed by atoms with E-state index >= 15 is 0 Å². The minimum Gasteiger partial charge on any atom is -0.481 e. The van der Waals surface area contributed by atoms with Crippen LogP contribution in [0.4, 0.5) is 17.6 Å². The monoisotopic (exact) mass is 236 g/mol. The number of carboxylic acid groups (broad SMARTS) is 1. The molecule has 0 saturated heterocycles. The van der Waals surface area contributed by atoms with Crippen molar-refractivity contribution in [2.75, 3.05) is 0 Å². The first-order valence-corrected chi connectivity index (χ1v) is 4.30. The van der Waals surface area contributed by atoms with Crippen LogP contribution in [0.3, 0.4) is 0 Å². The molecule has 0 bridgehead atoms. The topological polar surface area (TPSA) is 37.3 Å². The smallest absolute Gasteiger partial charge is 0.427 e. The molecular formula is C10H8F4O2. The van der Waals surface area contributed by atoms with Gasteiger partial charge in [-0.15, -0.1) is 0 Å². The summed E-state index contributed by atoms with van der Waals surface area (Å²) in [5, 5.41) is 8.33. The molecule has 0 aliphatic carbocycles. The van der Waals surface area contributed by atoms with Crippen molar-refractivity contribution in [2.45, 2.75) is 18.3 Å². The number of carbonyl (C=O) groups is 1. The first-order valence-electron chi connectivity index (χ1n) is 4.30. The van der Waals surface area contributed by atoms with Gasteiger partial charge in [-0.1, -0.05) is 30.3 Å². The van der Waals surface area contributed by atoms with Crippen LogP contribution in [0, 0.1) is 0 Å². The number of hydrogen-bond acceptors (Lipinski definition) is 1. The lowest BCUT2D eigenvalue weighted by atomic mass is 9.92. The van der Waals surface area contributed by atoms with Gasteiger partial charge in [-0.25, -0.2) is 4.39 Å². The van der Waals surface area contributed by atoms with Gasteiger partial charge in [-0.2, -0.15) is 13.2 Å². The second-order valence-corrected chi connectivity index (χ2v) is 3.24. The molecule has 0 aromatic heterocycles. The van der Waals surface area contributed by atoms with Crippen molar-refractivity contribution in [1.82, 2.24) is 0 Å². The molecule has 1 aromatic carbocycles. The summed E-state index contributed by atoms with van der Waals surface area (Å²) in [5.74, 6) is -1.84. The molecule has 0 fully saturated rings. The maximum Gasteiger partial charge on any atom is 0.427 e. The fourth-order valence-electron chi connectivity index (χ4n) is 1.28. The van der Waals surface area contributed by atoms with Crippen molar-refractivity contribution in [3.05, 3.63) is 35.9 Å². The second kappa shape index (κ2) is 4.11. The van der Waals surface area contributed by atoms with Gasteiger partial charge >= 0.3 is 12.1 Å². The summed E-state index contributed by atoms with van der Waals surface area (Å²) in [6.07, 6.45) is -6.90. The second-order valence-electron chi connectivity index (χ2n) is 3.24. The summed E-state index contributed by atoms with van der Waals surface area (Å²) in [4.78, 5) is 10.3. The summed E-state index contributed by atoms with van der Waals surface area (Å²) in [6.45, 7) is 0. The molecule has 0 aliphatic rings. The van der Waals surface area contributed by atoms with Crippen molar-refractivity contribution in [2.24, 2.45) is 0 Å². The van der Waals surface area contributed by atoms with Crippen molar-refractivity contribution in [1.29, 1.82) is 0 Å². The molecule has 88 valence electrons. The van der Waals surface area contributed by atoms with Gasteiger partial charge in [0.1, 0.15) is 0 Å². The van der Waals surface area contributed by atoms with Crippen LogP contribution >= 0.6 is 0 Å². The van der Waals surface area contributed by atoms with Crippen molar-refractivity contribution < 1.29 is 27.5 Å². The lowest BCUT2D eigenvalue weighted by Gasteiger charge is -2.26. The van der Waals surface area contributed by atoms with Gasteiger partial charge in [-0.05, 0) is 5.56 Å². The molecular weight excluding hydrogens is 228 g/mol. The van der Waals surface area contributed by atoms with E-state index in [0.717, 1.165) is 12.1 Å². The Bertz CT molecular complexity index is 374. The van der Waals surface area contributed by atoms with E-state index in [2.05, 4.69) is 0 Å². The zero-order valence-corrected chi connectivity index (χ0v) is 7.96. The van der Waals surface area contributed by atoms with Crippen LogP contribution in [0.25, 0.3) is 0 Å². The van der Waals surface area contributed by atoms with Gasteiger partial charge in [0.05, 0.1) is 6.42 Å². The van der Waals surface area contributed by atoms with E-state index in [1.165, 1.54) is 18.2 Å². The van der Waals surface area contributed by atoms with Crippen LogP contribution in [-0.2, 0) is 10.5 Å². The van der Waals surface area contributed by atoms with Crippen molar-refractivity contribution >= 4 is 5.97 Å². The molecule has 1 unspecified atom stereocenters. The Hall–Kier alpha value is -1.59. The average Bonchev–Trinajstić information content (AvgIpc) is 2.16. The number of rotatable bonds is 3. The number of benzene rings is 1. The maximum absolute atomic E-state index is 13.8. The highest BCUT2D eigenvalue weighted by molar-refractivity contribution is 5.69. The normalized spacial score (nSPS) is 15.5. The largest absolute Gasteiger partial charge is 0.481 e. The van der Waals surface area contributed by atoms with E-state index in [1.54, 1.807) is 0 Å². The average molecular weight is 236 g/mol. The molecule has 0 radical (unpaired) electrons. The molecule has 1 N–H and O–H groups in total. The van der Waals surface area contributed by atoms with Gasteiger partial charge in [0.25, 0.3) is 0 Å². The molecule has 6 heteroatoms. The molecule has 0 saturated carbocycles. The SMILES string of the molecule is O=C(O)CC(F)(c1ccccc1)C(F)(F)F. The molecule has 0 heterocycles. The van der Waals surface area contributed by atoms with Crippen LogP contribution in [0.1, 0.15) is 12.0 Å². The Balaban J connectivity index is 3.21. The van der Waals surface area contributed by atoms with Gasteiger partial charge in [-0.3, -0.25) is 4.79 Å². The number of halogens is 4. The molecule has 2 nitrogen and oxygen atoms in total. The highest BCUT2D eigenvalue weighted by atomic mass is 19.4. The highest BCUT2D eigenvalue weighted by Gasteiger charge is 2.58. The van der Waals surface area contributed by atoms with Gasteiger partial charge in [0.2, 0.25) is 5.67 Å². The molecule has 1 rings (SSSR count). The summed E-state index contributed by atoms with van der Waals surface area (Å²) in [7, 11) is 0. The fourth-order valence-corrected chi connectivity index (χ4v) is 1.28. The standard InChI is InChI=1S/C10H8F4O2/c11-9(6-8(15)16,10(12,13)14)7-4-2-1-3-5-7/h1-5H,6H2,(H,15,16). The number of alkyl halides is 4. The molecule has 16 heavy (non-hydrogen) atoms. The summed E-state index contributed by atoms with van der Waals surface area (Å²) >= 11 is 0. The number of hydrogen-bond donors (Lipinski definition) is 1. The third kappa shape index (κ3) is 2.32. The minimum atomic E-state index is -5.26. The van der Waals surface area contributed by atoms with Crippen molar-refractivity contribution in [3.63, 3.8) is 0 Å². The van der Waals surface area contributed by atoms with E-state index in [0.29, 0.717) is 0 Å². The Morgan fingerprint density at radius 2 is 1.62 bits per heavy atom. The zero-order chi connectivity index (χ0) is 12.4. The molecule has 0 amide bonds. The van der Waals surface area contributed by atoms with Crippen molar-refractivity contribution in [3.8, 4) is 0 Å². The van der Waals surface area contributed by atoms with Gasteiger partial charge in [0, 0.05) is 0 Å². The maximum atomic E-state index is 13.8. The quantitative estimate of drug-likeness (QED) is 0.819. The first kappa shape index (κ1) is 12.5. The van der Waals surface area contributed by atoms with Gasteiger partial charge in [0.15, 0.2) is 0 Å². The van der Waals surface area contributed by atoms with E-state index in [9.17, 15) is 22.4 Å². The predicted molar refractivity (Wildman–Crippen MR) is 47.5 cm³/mol. The lowest BCUT2D eigenvalue weighted by Crippen LogP contribution is -2.40. The zero-order valence-electron chi connectivity index (χ0n) is 7.96. The van der Waals surface area contributed by atoms with Crippen LogP contribution in [0.2, 0.25) is 0 Å². The summed E-state index contributed by atoms with van der Waals surface area (Å²) < 4.78 is 51.3. The molecule has 0 aliphatic heterocycles. The van der Waals surface area contributed by atoms with Crippen LogP contribution < -0.4 is 0 Å². The van der Waals surface area contributed by atoms with E-state index in [4.69, 9.17) is 5.11 Å². The first-order chi connectivity index (χ1) is 7.27. The number of carboxylic acids is 1. The summed E-state index contributed by atoms with van der Waals surface area (Å²) in [6, 6.07) is 5.68. The van der Waals surface area contributed by atoms with E-state index < -0.39 is 29.8 Å². The van der Waals surface area contributed by atoms with Crippen LogP contribution in [0.15, 0.2) is 30.3 Å². The predicted octanol–water partition coefficient (Wildman–Crippen LogP) is 2.89. The molecule has 1 atom stereocenters. The number of aliphatic carboxylic acids is 1.